The molecule has 0 saturated carbocycles. The molecule has 0 radical (unpaired) electrons. The van der Waals surface area contributed by atoms with Crippen LogP contribution in [0.3, 0.4) is 0 Å². The first-order chi connectivity index (χ1) is 6.18. The summed E-state index contributed by atoms with van der Waals surface area (Å²) in [6.45, 7) is 4.57. The second-order valence-corrected chi connectivity index (χ2v) is 3.96. The van der Waals surface area contributed by atoms with Crippen LogP contribution in [0.1, 0.15) is 26.7 Å². The second kappa shape index (κ2) is 2.69. The van der Waals surface area contributed by atoms with Gasteiger partial charge in [-0.2, -0.15) is 0 Å². The fourth-order valence-electron chi connectivity index (χ4n) is 2.12. The topological polar surface area (TPSA) is 38.7 Å². The van der Waals surface area contributed by atoms with Gasteiger partial charge >= 0.3 is 0 Å². The van der Waals surface area contributed by atoms with Crippen LogP contribution in [0.4, 0.5) is 0 Å². The summed E-state index contributed by atoms with van der Waals surface area (Å²) in [5.41, 5.74) is 2.85. The summed E-state index contributed by atoms with van der Waals surface area (Å²) in [7, 11) is 0. The van der Waals surface area contributed by atoms with Crippen molar-refractivity contribution in [3.05, 3.63) is 11.1 Å². The first kappa shape index (κ1) is 8.48. The Morgan fingerprint density at radius 1 is 1.54 bits per heavy atom. The maximum Gasteiger partial charge on any atom is 0.147 e. The van der Waals surface area contributed by atoms with Crippen molar-refractivity contribution in [3.63, 3.8) is 0 Å². The third-order valence-corrected chi connectivity index (χ3v) is 3.07. The molecule has 0 N–H and O–H groups in total. The molecule has 1 heterocycles. The van der Waals surface area contributed by atoms with E-state index in [9.17, 15) is 4.79 Å². The molecule has 1 atom stereocenters. The maximum atomic E-state index is 10.9. The van der Waals surface area contributed by atoms with Crippen molar-refractivity contribution >= 4 is 12.0 Å². The van der Waals surface area contributed by atoms with Crippen molar-refractivity contribution < 1.29 is 9.63 Å². The van der Waals surface area contributed by atoms with Crippen LogP contribution in [0, 0.1) is 5.41 Å². The number of aldehydes is 1. The van der Waals surface area contributed by atoms with Crippen molar-refractivity contribution in [1.82, 2.24) is 0 Å². The standard InChI is InChI=1S/C10H13NO2/c1-7-3-4-9-10(2,6-13-11-9)8(7)5-12/h5H,3-4,6H2,1-2H3/t10-/m0/s1. The summed E-state index contributed by atoms with van der Waals surface area (Å²) in [6, 6.07) is 0. The van der Waals surface area contributed by atoms with Gasteiger partial charge in [-0.3, -0.25) is 4.79 Å². The van der Waals surface area contributed by atoms with E-state index in [0.717, 1.165) is 30.4 Å². The Morgan fingerprint density at radius 3 is 3.00 bits per heavy atom. The highest BCUT2D eigenvalue weighted by Gasteiger charge is 2.43. The highest BCUT2D eigenvalue weighted by Crippen LogP contribution is 2.40. The molecule has 0 unspecified atom stereocenters. The summed E-state index contributed by atoms with van der Waals surface area (Å²) < 4.78 is 0. The van der Waals surface area contributed by atoms with E-state index in [1.165, 1.54) is 5.57 Å². The molecule has 0 aromatic heterocycles. The molecule has 0 amide bonds. The van der Waals surface area contributed by atoms with Crippen LogP contribution < -0.4 is 0 Å². The molecular weight excluding hydrogens is 166 g/mol. The zero-order valence-electron chi connectivity index (χ0n) is 7.96. The van der Waals surface area contributed by atoms with Crippen molar-refractivity contribution in [3.8, 4) is 0 Å². The lowest BCUT2D eigenvalue weighted by atomic mass is 9.71. The minimum absolute atomic E-state index is 0.232. The number of rotatable bonds is 1. The van der Waals surface area contributed by atoms with Gasteiger partial charge in [-0.15, -0.1) is 0 Å². The first-order valence-electron chi connectivity index (χ1n) is 4.53. The smallest absolute Gasteiger partial charge is 0.147 e. The van der Waals surface area contributed by atoms with Gasteiger partial charge in [0.05, 0.1) is 11.1 Å². The summed E-state index contributed by atoms with van der Waals surface area (Å²) in [5, 5.41) is 3.99. The Bertz CT molecular complexity index is 317. The average molecular weight is 179 g/mol. The molecule has 1 aliphatic carbocycles. The summed E-state index contributed by atoms with van der Waals surface area (Å²) in [6.07, 6.45) is 2.82. The lowest BCUT2D eigenvalue weighted by molar-refractivity contribution is -0.105. The number of carbonyl (C=O) groups is 1. The van der Waals surface area contributed by atoms with Crippen LogP contribution in [0.15, 0.2) is 16.3 Å². The quantitative estimate of drug-likeness (QED) is 0.574. The molecular formula is C10H13NO2. The van der Waals surface area contributed by atoms with Crippen molar-refractivity contribution in [1.29, 1.82) is 0 Å². The molecule has 0 aromatic rings. The van der Waals surface area contributed by atoms with Gasteiger partial charge in [0.25, 0.3) is 0 Å². The molecule has 0 fully saturated rings. The molecule has 2 aliphatic rings. The van der Waals surface area contributed by atoms with E-state index in [0.29, 0.717) is 6.61 Å². The molecule has 13 heavy (non-hydrogen) atoms. The maximum absolute atomic E-state index is 10.9. The van der Waals surface area contributed by atoms with Crippen molar-refractivity contribution in [2.45, 2.75) is 26.7 Å². The zero-order chi connectivity index (χ0) is 9.47. The molecule has 3 nitrogen and oxygen atoms in total. The Kier molecular flexibility index (Phi) is 1.75. The fourth-order valence-corrected chi connectivity index (χ4v) is 2.12. The normalized spacial score (nSPS) is 32.3. The Labute approximate surface area is 77.4 Å². The monoisotopic (exact) mass is 179 g/mol. The largest absolute Gasteiger partial charge is 0.394 e. The minimum atomic E-state index is -0.232. The number of hydrogen-bond acceptors (Lipinski definition) is 3. The van der Waals surface area contributed by atoms with Gasteiger partial charge in [0.1, 0.15) is 12.9 Å². The zero-order valence-corrected chi connectivity index (χ0v) is 7.96. The lowest BCUT2D eigenvalue weighted by Gasteiger charge is -2.29. The molecule has 0 saturated heterocycles. The molecule has 3 heteroatoms. The molecule has 1 aliphatic heterocycles. The van der Waals surface area contributed by atoms with Crippen LogP contribution in [0.5, 0.6) is 0 Å². The third kappa shape index (κ3) is 1.03. The van der Waals surface area contributed by atoms with E-state index >= 15 is 0 Å². The van der Waals surface area contributed by atoms with Gasteiger partial charge in [-0.25, -0.2) is 0 Å². The van der Waals surface area contributed by atoms with E-state index in [4.69, 9.17) is 4.84 Å². The summed E-state index contributed by atoms with van der Waals surface area (Å²) in [5.74, 6) is 0. The first-order valence-corrected chi connectivity index (χ1v) is 4.53. The molecule has 0 aromatic carbocycles. The number of oxime groups is 1. The average Bonchev–Trinajstić information content (AvgIpc) is 2.46. The fraction of sp³-hybridized carbons (Fsp3) is 0.600. The van der Waals surface area contributed by atoms with Crippen molar-refractivity contribution in [2.75, 3.05) is 6.61 Å². The molecule has 70 valence electrons. The molecule has 0 spiro atoms. The Morgan fingerprint density at radius 2 is 2.31 bits per heavy atom. The van der Waals surface area contributed by atoms with Gasteiger partial charge in [0.2, 0.25) is 0 Å². The van der Waals surface area contributed by atoms with E-state index < -0.39 is 0 Å². The van der Waals surface area contributed by atoms with Gasteiger partial charge in [-0.1, -0.05) is 10.7 Å². The van der Waals surface area contributed by atoms with Gasteiger partial charge in [-0.05, 0) is 26.7 Å². The van der Waals surface area contributed by atoms with Gasteiger partial charge in [0.15, 0.2) is 0 Å². The van der Waals surface area contributed by atoms with E-state index in [2.05, 4.69) is 5.16 Å². The molecule has 2 rings (SSSR count). The molecule has 0 bridgehead atoms. The number of carbonyl (C=O) groups excluding carboxylic acids is 1. The predicted molar refractivity (Wildman–Crippen MR) is 49.5 cm³/mol. The van der Waals surface area contributed by atoms with E-state index in [1.54, 1.807) is 0 Å². The van der Waals surface area contributed by atoms with Gasteiger partial charge < -0.3 is 4.84 Å². The predicted octanol–water partition coefficient (Wildman–Crippen LogP) is 1.69. The third-order valence-electron chi connectivity index (χ3n) is 3.07. The number of allylic oxidation sites excluding steroid dienone is 1. The highest BCUT2D eigenvalue weighted by molar-refractivity contribution is 6.01. The summed E-state index contributed by atoms with van der Waals surface area (Å²) in [4.78, 5) is 16.0. The number of fused-ring (bicyclic) bond motifs is 1. The van der Waals surface area contributed by atoms with Crippen LogP contribution in [0.2, 0.25) is 0 Å². The van der Waals surface area contributed by atoms with Crippen LogP contribution in [-0.2, 0) is 9.63 Å². The van der Waals surface area contributed by atoms with Crippen molar-refractivity contribution in [2.24, 2.45) is 10.6 Å². The number of hydrogen-bond donors (Lipinski definition) is 0. The SMILES string of the molecule is CC1=C(C=O)[C@]2(C)CON=C2CC1. The Balaban J connectivity index is 2.50. The van der Waals surface area contributed by atoms with Gasteiger partial charge in [0, 0.05) is 5.57 Å². The minimum Gasteiger partial charge on any atom is -0.394 e. The Hall–Kier alpha value is -1.12. The van der Waals surface area contributed by atoms with E-state index in [1.807, 2.05) is 13.8 Å². The van der Waals surface area contributed by atoms with E-state index in [-0.39, 0.29) is 5.41 Å². The lowest BCUT2D eigenvalue weighted by Crippen LogP contribution is -2.34. The van der Waals surface area contributed by atoms with Crippen LogP contribution in [-0.4, -0.2) is 18.6 Å². The summed E-state index contributed by atoms with van der Waals surface area (Å²) >= 11 is 0. The number of nitrogens with zero attached hydrogens (tertiary/aromatic N) is 1. The second-order valence-electron chi connectivity index (χ2n) is 3.96. The van der Waals surface area contributed by atoms with Crippen LogP contribution in [0.25, 0.3) is 0 Å². The highest BCUT2D eigenvalue weighted by atomic mass is 16.6. The van der Waals surface area contributed by atoms with Crippen LogP contribution >= 0.6 is 0 Å².